The third-order valence-electron chi connectivity index (χ3n) is 2.73. The van der Waals surface area contributed by atoms with Crippen molar-refractivity contribution in [2.45, 2.75) is 24.9 Å². The average molecular weight is 199 g/mol. The molecule has 0 radical (unpaired) electrons. The van der Waals surface area contributed by atoms with Gasteiger partial charge in [0.05, 0.1) is 0 Å². The lowest BCUT2D eigenvalue weighted by Crippen LogP contribution is -2.31. The van der Waals surface area contributed by atoms with Crippen molar-refractivity contribution in [3.63, 3.8) is 0 Å². The van der Waals surface area contributed by atoms with Crippen LogP contribution in [0, 0.1) is 0 Å². The Morgan fingerprint density at radius 2 is 2.14 bits per heavy atom. The molecule has 1 aromatic rings. The number of nitrogen functional groups attached to an aromatic ring is 1. The zero-order chi connectivity index (χ0) is 10.3. The summed E-state index contributed by atoms with van der Waals surface area (Å²) < 4.78 is 25.2. The van der Waals surface area contributed by atoms with Crippen LogP contribution in [-0.4, -0.2) is 11.5 Å². The van der Waals surface area contributed by atoms with Crippen molar-refractivity contribution in [2.24, 2.45) is 0 Å². The third-order valence-corrected chi connectivity index (χ3v) is 2.73. The second kappa shape index (κ2) is 2.92. The van der Waals surface area contributed by atoms with Crippen LogP contribution < -0.4 is 5.73 Å². The van der Waals surface area contributed by atoms with Crippen molar-refractivity contribution < 1.29 is 13.9 Å². The largest absolute Gasteiger partial charge is 0.399 e. The first-order valence-electron chi connectivity index (χ1n) is 4.43. The topological polar surface area (TPSA) is 46.2 Å². The molecule has 1 unspecified atom stereocenters. The van der Waals surface area contributed by atoms with Gasteiger partial charge in [-0.1, -0.05) is 6.07 Å². The van der Waals surface area contributed by atoms with E-state index < -0.39 is 12.0 Å². The molecule has 0 heterocycles. The van der Waals surface area contributed by atoms with Crippen LogP contribution in [0.3, 0.4) is 0 Å². The molecule has 2 nitrogen and oxygen atoms in total. The van der Waals surface area contributed by atoms with E-state index in [9.17, 15) is 13.9 Å². The van der Waals surface area contributed by atoms with Gasteiger partial charge in [-0.05, 0) is 36.1 Å². The van der Waals surface area contributed by atoms with Crippen molar-refractivity contribution in [2.75, 3.05) is 5.73 Å². The fourth-order valence-electron chi connectivity index (χ4n) is 1.93. The van der Waals surface area contributed by atoms with Gasteiger partial charge in [0.2, 0.25) is 0 Å². The summed E-state index contributed by atoms with van der Waals surface area (Å²) in [6.45, 7) is 0. The minimum atomic E-state index is -2.74. The molecule has 0 aromatic heterocycles. The molecule has 0 saturated carbocycles. The number of hydrogen-bond acceptors (Lipinski definition) is 2. The lowest BCUT2D eigenvalue weighted by atomic mass is 9.96. The minimum Gasteiger partial charge on any atom is -0.399 e. The maximum atomic E-state index is 12.6. The standard InChI is InChI=1S/C10H11F2NO/c11-9(12)10(14)4-3-6-5-7(13)1-2-8(6)10/h1-2,5,9,14H,3-4,13H2. The number of nitrogens with two attached hydrogens (primary N) is 1. The highest BCUT2D eigenvalue weighted by molar-refractivity contribution is 5.49. The van der Waals surface area contributed by atoms with E-state index in [0.29, 0.717) is 17.7 Å². The molecule has 14 heavy (non-hydrogen) atoms. The monoisotopic (exact) mass is 199 g/mol. The molecule has 0 bridgehead atoms. The summed E-state index contributed by atoms with van der Waals surface area (Å²) in [5, 5.41) is 9.72. The number of hydrogen-bond donors (Lipinski definition) is 2. The van der Waals surface area contributed by atoms with Gasteiger partial charge in [-0.15, -0.1) is 0 Å². The summed E-state index contributed by atoms with van der Waals surface area (Å²) in [6, 6.07) is 4.68. The number of fused-ring (bicyclic) bond motifs is 1. The summed E-state index contributed by atoms with van der Waals surface area (Å²) in [4.78, 5) is 0. The van der Waals surface area contributed by atoms with Crippen LogP contribution >= 0.6 is 0 Å². The number of anilines is 1. The Bertz CT molecular complexity index is 367. The van der Waals surface area contributed by atoms with Crippen LogP contribution in [0.25, 0.3) is 0 Å². The van der Waals surface area contributed by atoms with E-state index in [1.165, 1.54) is 12.1 Å². The van der Waals surface area contributed by atoms with Gasteiger partial charge in [0, 0.05) is 5.69 Å². The Morgan fingerprint density at radius 3 is 2.79 bits per heavy atom. The average Bonchev–Trinajstić information content (AvgIpc) is 2.45. The first-order valence-corrected chi connectivity index (χ1v) is 4.43. The molecule has 1 aliphatic carbocycles. The smallest absolute Gasteiger partial charge is 0.270 e. The van der Waals surface area contributed by atoms with Crippen molar-refractivity contribution in [3.05, 3.63) is 29.3 Å². The van der Waals surface area contributed by atoms with E-state index in [1.54, 1.807) is 6.07 Å². The Kier molecular flexibility index (Phi) is 1.96. The van der Waals surface area contributed by atoms with E-state index in [0.717, 1.165) is 5.56 Å². The molecular formula is C10H11F2NO. The summed E-state index contributed by atoms with van der Waals surface area (Å²) >= 11 is 0. The summed E-state index contributed by atoms with van der Waals surface area (Å²) in [5.74, 6) is 0. The maximum Gasteiger partial charge on any atom is 0.270 e. The zero-order valence-electron chi connectivity index (χ0n) is 7.50. The first kappa shape index (κ1) is 9.40. The van der Waals surface area contributed by atoms with Gasteiger partial charge in [0.15, 0.2) is 5.60 Å². The highest BCUT2D eigenvalue weighted by Gasteiger charge is 2.44. The van der Waals surface area contributed by atoms with Crippen LogP contribution in [0.1, 0.15) is 17.5 Å². The van der Waals surface area contributed by atoms with E-state index in [2.05, 4.69) is 0 Å². The number of alkyl halides is 2. The Morgan fingerprint density at radius 1 is 1.43 bits per heavy atom. The number of aryl methyl sites for hydroxylation is 1. The second-order valence-corrected chi connectivity index (χ2v) is 3.64. The molecular weight excluding hydrogens is 188 g/mol. The SMILES string of the molecule is Nc1ccc2c(c1)CCC2(O)C(F)F. The van der Waals surface area contributed by atoms with Crippen LogP contribution in [-0.2, 0) is 12.0 Å². The highest BCUT2D eigenvalue weighted by Crippen LogP contribution is 2.41. The number of aliphatic hydroxyl groups is 1. The van der Waals surface area contributed by atoms with E-state index in [-0.39, 0.29) is 6.42 Å². The molecule has 0 spiro atoms. The highest BCUT2D eigenvalue weighted by atomic mass is 19.3. The molecule has 2 rings (SSSR count). The van der Waals surface area contributed by atoms with Gasteiger partial charge in [-0.3, -0.25) is 0 Å². The van der Waals surface area contributed by atoms with Crippen LogP contribution in [0.5, 0.6) is 0 Å². The lowest BCUT2D eigenvalue weighted by Gasteiger charge is -2.22. The predicted molar refractivity (Wildman–Crippen MR) is 49.1 cm³/mol. The Balaban J connectivity index is 2.49. The van der Waals surface area contributed by atoms with Crippen LogP contribution in [0.2, 0.25) is 0 Å². The van der Waals surface area contributed by atoms with Crippen LogP contribution in [0.4, 0.5) is 14.5 Å². The number of benzene rings is 1. The van der Waals surface area contributed by atoms with Crippen molar-refractivity contribution in [1.29, 1.82) is 0 Å². The zero-order valence-corrected chi connectivity index (χ0v) is 7.50. The number of halogens is 2. The summed E-state index contributed by atoms with van der Waals surface area (Å²) in [6.07, 6.45) is -2.21. The van der Waals surface area contributed by atoms with Gasteiger partial charge in [-0.2, -0.15) is 0 Å². The van der Waals surface area contributed by atoms with Gasteiger partial charge < -0.3 is 10.8 Å². The minimum absolute atomic E-state index is 0.0729. The molecule has 4 heteroatoms. The molecule has 0 saturated heterocycles. The summed E-state index contributed by atoms with van der Waals surface area (Å²) in [7, 11) is 0. The Hall–Kier alpha value is -1.16. The first-order chi connectivity index (χ1) is 6.54. The predicted octanol–water partition coefficient (Wildman–Crippen LogP) is 1.67. The van der Waals surface area contributed by atoms with Crippen molar-refractivity contribution in [3.8, 4) is 0 Å². The van der Waals surface area contributed by atoms with E-state index in [1.807, 2.05) is 0 Å². The van der Waals surface area contributed by atoms with E-state index in [4.69, 9.17) is 5.73 Å². The van der Waals surface area contributed by atoms with E-state index >= 15 is 0 Å². The van der Waals surface area contributed by atoms with Gasteiger partial charge in [0.1, 0.15) is 0 Å². The fourth-order valence-corrected chi connectivity index (χ4v) is 1.93. The fraction of sp³-hybridized carbons (Fsp3) is 0.400. The molecule has 0 fully saturated rings. The van der Waals surface area contributed by atoms with Crippen molar-refractivity contribution >= 4 is 5.69 Å². The maximum absolute atomic E-state index is 12.6. The van der Waals surface area contributed by atoms with Crippen LogP contribution in [0.15, 0.2) is 18.2 Å². The van der Waals surface area contributed by atoms with Gasteiger partial charge in [0.25, 0.3) is 6.43 Å². The quantitative estimate of drug-likeness (QED) is 0.676. The summed E-state index contributed by atoms with van der Waals surface area (Å²) in [5.41, 5.74) is 5.15. The second-order valence-electron chi connectivity index (χ2n) is 3.64. The lowest BCUT2D eigenvalue weighted by molar-refractivity contribution is -0.100. The normalized spacial score (nSPS) is 25.4. The molecule has 76 valence electrons. The van der Waals surface area contributed by atoms with Gasteiger partial charge >= 0.3 is 0 Å². The molecule has 1 aromatic carbocycles. The Labute approximate surface area is 80.4 Å². The van der Waals surface area contributed by atoms with Crippen molar-refractivity contribution in [1.82, 2.24) is 0 Å². The molecule has 0 amide bonds. The van der Waals surface area contributed by atoms with Gasteiger partial charge in [-0.25, -0.2) is 8.78 Å². The molecule has 1 atom stereocenters. The molecule has 1 aliphatic rings. The molecule has 3 N–H and O–H groups in total. The molecule has 0 aliphatic heterocycles. The third kappa shape index (κ3) is 1.18. The number of rotatable bonds is 1.